The third-order valence-corrected chi connectivity index (χ3v) is 4.65. The first kappa shape index (κ1) is 19.8. The van der Waals surface area contributed by atoms with Crippen LogP contribution in [-0.2, 0) is 20.7 Å². The summed E-state index contributed by atoms with van der Waals surface area (Å²) in [4.78, 5) is 24.0. The van der Waals surface area contributed by atoms with Crippen molar-refractivity contribution in [2.45, 2.75) is 19.4 Å². The predicted molar refractivity (Wildman–Crippen MR) is 109 cm³/mol. The molecule has 1 heterocycles. The Balaban J connectivity index is 1.46. The Bertz CT molecular complexity index is 939. The Kier molecular flexibility index (Phi) is 6.60. The normalized spacial score (nSPS) is 11.6. The average Bonchev–Trinajstić information content (AvgIpc) is 3.16. The summed E-state index contributed by atoms with van der Waals surface area (Å²) in [6.07, 6.45) is 3.44. The lowest BCUT2D eigenvalue weighted by molar-refractivity contribution is -0.148. The van der Waals surface area contributed by atoms with Crippen LogP contribution in [-0.4, -0.2) is 28.3 Å². The molecule has 1 unspecified atom stereocenters. The van der Waals surface area contributed by atoms with E-state index >= 15 is 0 Å². The monoisotopic (exact) mass is 441 g/mol. The molecule has 1 amide bonds. The molecule has 0 aliphatic rings. The number of nitrogens with zero attached hydrogens (tertiary/aromatic N) is 2. The van der Waals surface area contributed by atoms with Crippen molar-refractivity contribution in [1.29, 1.82) is 0 Å². The molecule has 28 heavy (non-hydrogen) atoms. The van der Waals surface area contributed by atoms with Crippen LogP contribution in [0.15, 0.2) is 71.5 Å². The zero-order chi connectivity index (χ0) is 19.9. The van der Waals surface area contributed by atoms with Gasteiger partial charge < -0.3 is 10.1 Å². The maximum absolute atomic E-state index is 12.0. The summed E-state index contributed by atoms with van der Waals surface area (Å²) in [5, 5.41) is 7.05. The number of halogens is 1. The first-order valence-electron chi connectivity index (χ1n) is 8.80. The molecule has 1 aromatic heterocycles. The molecule has 0 aliphatic heterocycles. The molecule has 0 bridgehead atoms. The summed E-state index contributed by atoms with van der Waals surface area (Å²) in [5.74, 6) is -0.817. The maximum atomic E-state index is 12.0. The maximum Gasteiger partial charge on any atom is 0.310 e. The van der Waals surface area contributed by atoms with Crippen molar-refractivity contribution in [2.24, 2.45) is 0 Å². The highest BCUT2D eigenvalue weighted by molar-refractivity contribution is 9.10. The van der Waals surface area contributed by atoms with E-state index in [1.807, 2.05) is 61.5 Å². The van der Waals surface area contributed by atoms with E-state index in [2.05, 4.69) is 26.3 Å². The smallest absolute Gasteiger partial charge is 0.310 e. The van der Waals surface area contributed by atoms with E-state index in [1.54, 1.807) is 17.1 Å². The van der Waals surface area contributed by atoms with Gasteiger partial charge in [0.15, 0.2) is 6.61 Å². The van der Waals surface area contributed by atoms with Crippen molar-refractivity contribution in [3.8, 4) is 5.69 Å². The highest BCUT2D eigenvalue weighted by atomic mass is 79.9. The van der Waals surface area contributed by atoms with E-state index in [4.69, 9.17) is 4.74 Å². The lowest BCUT2D eigenvalue weighted by atomic mass is 10.1. The van der Waals surface area contributed by atoms with E-state index < -0.39 is 5.97 Å². The van der Waals surface area contributed by atoms with Crippen LogP contribution in [0.2, 0.25) is 0 Å². The van der Waals surface area contributed by atoms with Crippen LogP contribution >= 0.6 is 15.9 Å². The van der Waals surface area contributed by atoms with Crippen LogP contribution in [0.5, 0.6) is 0 Å². The number of hydrogen-bond acceptors (Lipinski definition) is 4. The Morgan fingerprint density at radius 1 is 1.14 bits per heavy atom. The number of ether oxygens (including phenoxy) is 1. The van der Waals surface area contributed by atoms with Gasteiger partial charge in [-0.15, -0.1) is 0 Å². The van der Waals surface area contributed by atoms with E-state index in [1.165, 1.54) is 0 Å². The number of nitrogens with one attached hydrogen (secondary N) is 1. The highest BCUT2D eigenvalue weighted by Gasteiger charge is 2.13. The SMILES string of the molecule is CC(NC(=O)COC(=O)Cc1cnn(-c2ccccc2)c1)c1ccc(Br)cc1. The molecule has 1 N–H and O–H groups in total. The minimum Gasteiger partial charge on any atom is -0.455 e. The van der Waals surface area contributed by atoms with Crippen LogP contribution < -0.4 is 5.32 Å². The van der Waals surface area contributed by atoms with E-state index in [-0.39, 0.29) is 25.0 Å². The number of carbonyl (C=O) groups is 2. The van der Waals surface area contributed by atoms with Gasteiger partial charge in [0, 0.05) is 16.2 Å². The minimum atomic E-state index is -0.473. The molecule has 2 aromatic carbocycles. The van der Waals surface area contributed by atoms with E-state index in [0.717, 1.165) is 21.3 Å². The van der Waals surface area contributed by atoms with Gasteiger partial charge in [0.1, 0.15) is 0 Å². The van der Waals surface area contributed by atoms with Gasteiger partial charge in [-0.3, -0.25) is 9.59 Å². The van der Waals surface area contributed by atoms with Gasteiger partial charge in [0.2, 0.25) is 0 Å². The molecule has 0 saturated carbocycles. The molecule has 7 heteroatoms. The minimum absolute atomic E-state index is 0.0579. The van der Waals surface area contributed by atoms with Gasteiger partial charge in [0.05, 0.1) is 24.3 Å². The third kappa shape index (κ3) is 5.53. The molecule has 3 aromatic rings. The molecule has 6 nitrogen and oxygen atoms in total. The zero-order valence-electron chi connectivity index (χ0n) is 15.3. The van der Waals surface area contributed by atoms with Crippen LogP contribution in [0.3, 0.4) is 0 Å². The van der Waals surface area contributed by atoms with Crippen molar-refractivity contribution in [3.05, 3.63) is 82.6 Å². The van der Waals surface area contributed by atoms with Gasteiger partial charge in [-0.1, -0.05) is 46.3 Å². The van der Waals surface area contributed by atoms with Crippen molar-refractivity contribution in [3.63, 3.8) is 0 Å². The predicted octanol–water partition coefficient (Wildman–Crippen LogP) is 3.60. The number of para-hydroxylation sites is 1. The summed E-state index contributed by atoms with van der Waals surface area (Å²) in [6.45, 7) is 1.56. The van der Waals surface area contributed by atoms with Gasteiger partial charge in [-0.2, -0.15) is 5.10 Å². The van der Waals surface area contributed by atoms with Crippen molar-refractivity contribution >= 4 is 27.8 Å². The first-order chi connectivity index (χ1) is 13.5. The molecule has 0 aliphatic carbocycles. The molecule has 3 rings (SSSR count). The van der Waals surface area contributed by atoms with Gasteiger partial charge in [-0.05, 0) is 36.8 Å². The van der Waals surface area contributed by atoms with E-state index in [9.17, 15) is 9.59 Å². The lowest BCUT2D eigenvalue weighted by Gasteiger charge is -2.14. The Hall–Kier alpha value is -2.93. The van der Waals surface area contributed by atoms with Crippen LogP contribution in [0.4, 0.5) is 0 Å². The van der Waals surface area contributed by atoms with E-state index in [0.29, 0.717) is 0 Å². The first-order valence-corrected chi connectivity index (χ1v) is 9.60. The fourth-order valence-electron chi connectivity index (χ4n) is 2.65. The summed E-state index contributed by atoms with van der Waals surface area (Å²) in [6, 6.07) is 17.1. The van der Waals surface area contributed by atoms with Crippen molar-refractivity contribution in [2.75, 3.05) is 6.61 Å². The van der Waals surface area contributed by atoms with Crippen LogP contribution in [0, 0.1) is 0 Å². The number of hydrogen-bond donors (Lipinski definition) is 1. The fourth-order valence-corrected chi connectivity index (χ4v) is 2.92. The highest BCUT2D eigenvalue weighted by Crippen LogP contribution is 2.16. The molecule has 1 atom stereocenters. The number of benzene rings is 2. The molecule has 0 saturated heterocycles. The molecule has 144 valence electrons. The average molecular weight is 442 g/mol. The van der Waals surface area contributed by atoms with Crippen molar-refractivity contribution in [1.82, 2.24) is 15.1 Å². The molecular weight excluding hydrogens is 422 g/mol. The fraction of sp³-hybridized carbons (Fsp3) is 0.190. The second-order valence-corrected chi connectivity index (χ2v) is 7.22. The molecule has 0 radical (unpaired) electrons. The number of aromatic nitrogens is 2. The number of esters is 1. The lowest BCUT2D eigenvalue weighted by Crippen LogP contribution is -2.31. The Morgan fingerprint density at radius 3 is 2.57 bits per heavy atom. The summed E-state index contributed by atoms with van der Waals surface area (Å²) in [5.41, 5.74) is 2.59. The largest absolute Gasteiger partial charge is 0.455 e. The number of carbonyl (C=O) groups excluding carboxylic acids is 2. The third-order valence-electron chi connectivity index (χ3n) is 4.12. The molecule has 0 fully saturated rings. The quantitative estimate of drug-likeness (QED) is 0.568. The van der Waals surface area contributed by atoms with Gasteiger partial charge >= 0.3 is 5.97 Å². The topological polar surface area (TPSA) is 73.2 Å². The zero-order valence-corrected chi connectivity index (χ0v) is 16.9. The van der Waals surface area contributed by atoms with Gasteiger partial charge in [0.25, 0.3) is 5.91 Å². The number of amides is 1. The van der Waals surface area contributed by atoms with Crippen molar-refractivity contribution < 1.29 is 14.3 Å². The second-order valence-electron chi connectivity index (χ2n) is 6.31. The van der Waals surface area contributed by atoms with Gasteiger partial charge in [-0.25, -0.2) is 4.68 Å². The summed E-state index contributed by atoms with van der Waals surface area (Å²) < 4.78 is 7.74. The standard InChI is InChI=1S/C21H20BrN3O3/c1-15(17-7-9-18(22)10-8-17)24-20(26)14-28-21(27)11-16-12-23-25(13-16)19-5-3-2-4-6-19/h2-10,12-13,15H,11,14H2,1H3,(H,24,26). The molecule has 0 spiro atoms. The Morgan fingerprint density at radius 2 is 1.86 bits per heavy atom. The van der Waals surface area contributed by atoms with Crippen LogP contribution in [0.25, 0.3) is 5.69 Å². The summed E-state index contributed by atoms with van der Waals surface area (Å²) >= 11 is 3.38. The Labute approximate surface area is 171 Å². The summed E-state index contributed by atoms with van der Waals surface area (Å²) in [7, 11) is 0. The second kappa shape index (κ2) is 9.32. The number of rotatable bonds is 7. The molecular formula is C21H20BrN3O3. The van der Waals surface area contributed by atoms with Crippen LogP contribution in [0.1, 0.15) is 24.1 Å².